The second-order valence-electron chi connectivity index (χ2n) is 6.79. The highest BCUT2D eigenvalue weighted by Crippen LogP contribution is 2.25. The molecule has 144 valence electrons. The quantitative estimate of drug-likeness (QED) is 0.674. The van der Waals surface area contributed by atoms with Crippen molar-refractivity contribution in [1.82, 2.24) is 5.32 Å². The van der Waals surface area contributed by atoms with Crippen molar-refractivity contribution in [2.24, 2.45) is 5.92 Å². The van der Waals surface area contributed by atoms with Gasteiger partial charge in [0.1, 0.15) is 0 Å². The lowest BCUT2D eigenvalue weighted by molar-refractivity contribution is -0.120. The van der Waals surface area contributed by atoms with E-state index in [0.717, 1.165) is 36.9 Å². The first-order chi connectivity index (χ1) is 12.6. The van der Waals surface area contributed by atoms with E-state index in [1.54, 1.807) is 24.3 Å². The van der Waals surface area contributed by atoms with Gasteiger partial charge >= 0.3 is 0 Å². The number of nitrogen functional groups attached to an aromatic ring is 1. The van der Waals surface area contributed by atoms with Gasteiger partial charge in [0, 0.05) is 23.8 Å². The first kappa shape index (κ1) is 20.8. The van der Waals surface area contributed by atoms with Crippen LogP contribution in [-0.4, -0.2) is 11.8 Å². The summed E-state index contributed by atoms with van der Waals surface area (Å²) in [7, 11) is 0. The van der Waals surface area contributed by atoms with Gasteiger partial charge in [-0.15, -0.1) is 12.4 Å². The van der Waals surface area contributed by atoms with Gasteiger partial charge in [0.25, 0.3) is 5.91 Å². The summed E-state index contributed by atoms with van der Waals surface area (Å²) in [6.07, 6.45) is 5.44. The average molecular weight is 388 g/mol. The van der Waals surface area contributed by atoms with Crippen LogP contribution in [-0.2, 0) is 11.3 Å². The van der Waals surface area contributed by atoms with Crippen molar-refractivity contribution >= 4 is 35.6 Å². The molecule has 6 heteroatoms. The number of carbonyl (C=O) groups is 2. The van der Waals surface area contributed by atoms with E-state index in [1.807, 2.05) is 24.3 Å². The van der Waals surface area contributed by atoms with Crippen molar-refractivity contribution in [1.29, 1.82) is 0 Å². The van der Waals surface area contributed by atoms with Crippen molar-refractivity contribution < 1.29 is 9.59 Å². The third kappa shape index (κ3) is 5.73. The van der Waals surface area contributed by atoms with Gasteiger partial charge in [-0.25, -0.2) is 0 Å². The summed E-state index contributed by atoms with van der Waals surface area (Å²) >= 11 is 0. The Morgan fingerprint density at radius 3 is 2.48 bits per heavy atom. The minimum Gasteiger partial charge on any atom is -0.398 e. The van der Waals surface area contributed by atoms with Crippen LogP contribution >= 0.6 is 12.4 Å². The summed E-state index contributed by atoms with van der Waals surface area (Å²) < 4.78 is 0. The Balaban J connectivity index is 0.00000261. The highest BCUT2D eigenvalue weighted by Gasteiger charge is 2.21. The molecule has 0 atom stereocenters. The van der Waals surface area contributed by atoms with E-state index in [9.17, 15) is 9.59 Å². The maximum atomic E-state index is 12.4. The average Bonchev–Trinajstić information content (AvgIpc) is 2.67. The van der Waals surface area contributed by atoms with Gasteiger partial charge in [-0.3, -0.25) is 9.59 Å². The van der Waals surface area contributed by atoms with Gasteiger partial charge in [-0.2, -0.15) is 0 Å². The van der Waals surface area contributed by atoms with Crippen molar-refractivity contribution in [2.75, 3.05) is 11.1 Å². The number of hydrogen-bond donors (Lipinski definition) is 3. The van der Waals surface area contributed by atoms with Crippen LogP contribution in [0.5, 0.6) is 0 Å². The van der Waals surface area contributed by atoms with Crippen LogP contribution in [0.4, 0.5) is 11.4 Å². The van der Waals surface area contributed by atoms with Crippen LogP contribution in [0.1, 0.15) is 48.0 Å². The molecule has 1 saturated carbocycles. The highest BCUT2D eigenvalue weighted by atomic mass is 35.5. The van der Waals surface area contributed by atoms with E-state index in [4.69, 9.17) is 5.73 Å². The molecule has 1 fully saturated rings. The summed E-state index contributed by atoms with van der Waals surface area (Å²) in [6.45, 7) is 0.375. The van der Waals surface area contributed by atoms with Crippen LogP contribution in [0.15, 0.2) is 48.5 Å². The topological polar surface area (TPSA) is 84.2 Å². The zero-order valence-corrected chi connectivity index (χ0v) is 16.1. The highest BCUT2D eigenvalue weighted by molar-refractivity contribution is 5.99. The molecular formula is C21H26ClN3O2. The molecule has 1 aliphatic rings. The normalized spacial score (nSPS) is 14.1. The Labute approximate surface area is 166 Å². The van der Waals surface area contributed by atoms with Gasteiger partial charge in [-0.05, 0) is 42.7 Å². The number of rotatable bonds is 5. The van der Waals surface area contributed by atoms with Gasteiger partial charge in [-0.1, -0.05) is 43.5 Å². The van der Waals surface area contributed by atoms with Crippen LogP contribution < -0.4 is 16.4 Å². The predicted octanol–water partition coefficient (Wildman–Crippen LogP) is 4.14. The SMILES string of the molecule is Cl.Nc1ccccc1C(=O)NCc1cccc(NC(=O)C2CCCCC2)c1. The molecule has 1 aliphatic carbocycles. The summed E-state index contributed by atoms with van der Waals surface area (Å²) in [4.78, 5) is 24.6. The molecule has 2 aromatic carbocycles. The molecule has 0 saturated heterocycles. The molecule has 0 spiro atoms. The Hall–Kier alpha value is -2.53. The summed E-state index contributed by atoms with van der Waals surface area (Å²) in [5.74, 6) is 0.0100. The summed E-state index contributed by atoms with van der Waals surface area (Å²) in [5.41, 5.74) is 8.45. The molecule has 2 amide bonds. The number of amides is 2. The van der Waals surface area contributed by atoms with E-state index in [0.29, 0.717) is 17.8 Å². The summed E-state index contributed by atoms with van der Waals surface area (Å²) in [5, 5.41) is 5.88. The fourth-order valence-electron chi connectivity index (χ4n) is 3.35. The van der Waals surface area contributed by atoms with Gasteiger partial charge in [0.2, 0.25) is 5.91 Å². The summed E-state index contributed by atoms with van der Waals surface area (Å²) in [6, 6.07) is 14.6. The molecule has 0 bridgehead atoms. The minimum absolute atomic E-state index is 0. The van der Waals surface area contributed by atoms with E-state index in [-0.39, 0.29) is 30.1 Å². The molecule has 5 nitrogen and oxygen atoms in total. The van der Waals surface area contributed by atoms with Crippen LogP contribution in [0.2, 0.25) is 0 Å². The Morgan fingerprint density at radius 2 is 1.74 bits per heavy atom. The smallest absolute Gasteiger partial charge is 0.253 e. The molecule has 0 heterocycles. The number of para-hydroxylation sites is 1. The zero-order valence-electron chi connectivity index (χ0n) is 15.2. The second-order valence-corrected chi connectivity index (χ2v) is 6.79. The number of nitrogens with two attached hydrogens (primary N) is 1. The molecule has 27 heavy (non-hydrogen) atoms. The molecule has 0 aliphatic heterocycles. The van der Waals surface area contributed by atoms with Crippen LogP contribution in [0.3, 0.4) is 0 Å². The predicted molar refractivity (Wildman–Crippen MR) is 111 cm³/mol. The molecule has 2 aromatic rings. The van der Waals surface area contributed by atoms with Crippen LogP contribution in [0, 0.1) is 5.92 Å². The lowest BCUT2D eigenvalue weighted by Gasteiger charge is -2.20. The molecule has 0 unspecified atom stereocenters. The van der Waals surface area contributed by atoms with E-state index >= 15 is 0 Å². The second kappa shape index (κ2) is 9.97. The lowest BCUT2D eigenvalue weighted by Crippen LogP contribution is -2.25. The van der Waals surface area contributed by atoms with Gasteiger partial charge < -0.3 is 16.4 Å². The third-order valence-electron chi connectivity index (χ3n) is 4.83. The van der Waals surface area contributed by atoms with E-state index in [1.165, 1.54) is 6.42 Å². The Bertz CT molecular complexity index is 789. The van der Waals surface area contributed by atoms with Crippen molar-refractivity contribution in [3.63, 3.8) is 0 Å². The fourth-order valence-corrected chi connectivity index (χ4v) is 3.35. The lowest BCUT2D eigenvalue weighted by atomic mass is 9.88. The number of hydrogen-bond acceptors (Lipinski definition) is 3. The van der Waals surface area contributed by atoms with Crippen LogP contribution in [0.25, 0.3) is 0 Å². The first-order valence-electron chi connectivity index (χ1n) is 9.16. The molecule has 0 radical (unpaired) electrons. The number of halogens is 1. The standard InChI is InChI=1S/C21H25N3O2.ClH/c22-19-12-5-4-11-18(19)21(26)23-14-15-7-6-10-17(13-15)24-20(25)16-8-2-1-3-9-16;/h4-7,10-13,16H,1-3,8-9,14,22H2,(H,23,26)(H,24,25);1H. The molecule has 4 N–H and O–H groups in total. The first-order valence-corrected chi connectivity index (χ1v) is 9.16. The zero-order chi connectivity index (χ0) is 18.4. The molecule has 3 rings (SSSR count). The maximum absolute atomic E-state index is 12.4. The Morgan fingerprint density at radius 1 is 1.00 bits per heavy atom. The largest absolute Gasteiger partial charge is 0.398 e. The van der Waals surface area contributed by atoms with Gasteiger partial charge in [0.15, 0.2) is 0 Å². The molecular weight excluding hydrogens is 362 g/mol. The number of carbonyl (C=O) groups excluding carboxylic acids is 2. The monoisotopic (exact) mass is 387 g/mol. The van der Waals surface area contributed by atoms with E-state index < -0.39 is 0 Å². The number of nitrogens with one attached hydrogen (secondary N) is 2. The minimum atomic E-state index is -0.209. The van der Waals surface area contributed by atoms with E-state index in [2.05, 4.69) is 10.6 Å². The third-order valence-corrected chi connectivity index (χ3v) is 4.83. The Kier molecular flexibility index (Phi) is 7.67. The van der Waals surface area contributed by atoms with Crippen molar-refractivity contribution in [3.05, 3.63) is 59.7 Å². The number of benzene rings is 2. The van der Waals surface area contributed by atoms with Gasteiger partial charge in [0.05, 0.1) is 5.56 Å². The van der Waals surface area contributed by atoms with Crippen molar-refractivity contribution in [3.8, 4) is 0 Å². The molecule has 0 aromatic heterocycles. The van der Waals surface area contributed by atoms with Crippen molar-refractivity contribution in [2.45, 2.75) is 38.6 Å². The number of anilines is 2. The maximum Gasteiger partial charge on any atom is 0.253 e. The fraction of sp³-hybridized carbons (Fsp3) is 0.333.